The first-order valence-corrected chi connectivity index (χ1v) is 8.35. The fraction of sp³-hybridized carbons (Fsp3) is 0.158. The molecule has 0 aliphatic heterocycles. The second kappa shape index (κ2) is 7.63. The highest BCUT2D eigenvalue weighted by molar-refractivity contribution is 5.94. The number of halogens is 3. The van der Waals surface area contributed by atoms with Gasteiger partial charge >= 0.3 is 6.18 Å². The summed E-state index contributed by atoms with van der Waals surface area (Å²) in [6.45, 7) is 0.836. The van der Waals surface area contributed by atoms with E-state index >= 15 is 0 Å². The number of alkyl halides is 3. The number of carbonyl (C=O) groups is 1. The average Bonchev–Trinajstić information content (AvgIpc) is 3.08. The Kier molecular flexibility index (Phi) is 5.23. The summed E-state index contributed by atoms with van der Waals surface area (Å²) in [4.78, 5) is 28.5. The number of aromatic amines is 1. The Bertz CT molecular complexity index is 1120. The minimum atomic E-state index is -4.55. The lowest BCUT2D eigenvalue weighted by Gasteiger charge is -2.17. The zero-order valence-electron chi connectivity index (χ0n) is 15.0. The lowest BCUT2D eigenvalue weighted by molar-refractivity contribution is -0.149. The SMILES string of the molecule is CC(NC(=O)c1ccc(-n2[nH]cc(-c3ccc(C#N)cc3)c2=O)nc1)C(F)(F)F. The number of nitrogens with zero attached hydrogens (tertiary/aromatic N) is 3. The number of rotatable bonds is 4. The standard InChI is InChI=1S/C19H14F3N5O2/c1-11(19(20,21)22)26-17(28)14-6-7-16(24-9-14)27-18(29)15(10-25-27)13-4-2-12(8-23)3-5-13/h2-7,9-11,25H,1H3,(H,26,28). The maximum Gasteiger partial charge on any atom is 0.408 e. The van der Waals surface area contributed by atoms with Gasteiger partial charge < -0.3 is 5.32 Å². The highest BCUT2D eigenvalue weighted by atomic mass is 19.4. The third-order valence-corrected chi connectivity index (χ3v) is 4.17. The lowest BCUT2D eigenvalue weighted by Crippen LogP contribution is -2.43. The first-order valence-electron chi connectivity index (χ1n) is 8.35. The number of hydrogen-bond donors (Lipinski definition) is 2. The van der Waals surface area contributed by atoms with Crippen LogP contribution < -0.4 is 10.9 Å². The number of nitriles is 1. The number of carbonyl (C=O) groups excluding carboxylic acids is 1. The Hall–Kier alpha value is -3.87. The van der Waals surface area contributed by atoms with E-state index in [1.54, 1.807) is 24.3 Å². The summed E-state index contributed by atoms with van der Waals surface area (Å²) in [5.74, 6) is -0.763. The van der Waals surface area contributed by atoms with Crippen molar-refractivity contribution in [2.75, 3.05) is 0 Å². The minimum Gasteiger partial charge on any atom is -0.340 e. The van der Waals surface area contributed by atoms with E-state index in [0.29, 0.717) is 16.7 Å². The van der Waals surface area contributed by atoms with Gasteiger partial charge in [-0.25, -0.2) is 9.67 Å². The maximum atomic E-state index is 12.6. The molecule has 0 saturated carbocycles. The molecule has 10 heteroatoms. The Balaban J connectivity index is 1.82. The first-order chi connectivity index (χ1) is 13.7. The molecule has 1 aromatic carbocycles. The fourth-order valence-corrected chi connectivity index (χ4v) is 2.49. The van der Waals surface area contributed by atoms with Gasteiger partial charge in [0.2, 0.25) is 0 Å². The molecule has 1 unspecified atom stereocenters. The van der Waals surface area contributed by atoms with Crippen LogP contribution in [0.2, 0.25) is 0 Å². The molecule has 2 aromatic heterocycles. The Morgan fingerprint density at radius 3 is 2.48 bits per heavy atom. The second-order valence-corrected chi connectivity index (χ2v) is 6.16. The molecule has 1 atom stereocenters. The van der Waals surface area contributed by atoms with Crippen molar-refractivity contribution in [1.29, 1.82) is 5.26 Å². The van der Waals surface area contributed by atoms with Crippen molar-refractivity contribution in [3.63, 3.8) is 0 Å². The third-order valence-electron chi connectivity index (χ3n) is 4.17. The summed E-state index contributed by atoms with van der Waals surface area (Å²) in [6.07, 6.45) is -2.00. The summed E-state index contributed by atoms with van der Waals surface area (Å²) in [5, 5.41) is 13.4. The molecule has 7 nitrogen and oxygen atoms in total. The van der Waals surface area contributed by atoms with Gasteiger partial charge in [0.25, 0.3) is 11.5 Å². The van der Waals surface area contributed by atoms with Crippen molar-refractivity contribution in [3.8, 4) is 23.0 Å². The van der Waals surface area contributed by atoms with Gasteiger partial charge in [-0.3, -0.25) is 14.7 Å². The van der Waals surface area contributed by atoms with Crippen molar-refractivity contribution in [1.82, 2.24) is 20.1 Å². The van der Waals surface area contributed by atoms with Gasteiger partial charge in [-0.05, 0) is 36.8 Å². The van der Waals surface area contributed by atoms with E-state index in [9.17, 15) is 22.8 Å². The summed E-state index contributed by atoms with van der Waals surface area (Å²) < 4.78 is 38.8. The molecular formula is C19H14F3N5O2. The van der Waals surface area contributed by atoms with E-state index in [0.717, 1.165) is 17.8 Å². The number of H-pyrrole nitrogens is 1. The van der Waals surface area contributed by atoms with Crippen LogP contribution in [0.5, 0.6) is 0 Å². The smallest absolute Gasteiger partial charge is 0.340 e. The molecule has 0 spiro atoms. The zero-order valence-corrected chi connectivity index (χ0v) is 15.0. The molecular weight excluding hydrogens is 387 g/mol. The maximum absolute atomic E-state index is 12.6. The first kappa shape index (κ1) is 19.9. The molecule has 3 rings (SSSR count). The zero-order chi connectivity index (χ0) is 21.2. The molecule has 148 valence electrons. The molecule has 2 heterocycles. The highest BCUT2D eigenvalue weighted by Gasteiger charge is 2.37. The van der Waals surface area contributed by atoms with Gasteiger partial charge in [0.15, 0.2) is 5.82 Å². The molecule has 0 bridgehead atoms. The van der Waals surface area contributed by atoms with Gasteiger partial charge in [-0.15, -0.1) is 0 Å². The minimum absolute atomic E-state index is 0.0724. The van der Waals surface area contributed by atoms with Crippen LogP contribution in [0.15, 0.2) is 53.6 Å². The normalized spacial score (nSPS) is 12.2. The molecule has 0 fully saturated rings. The van der Waals surface area contributed by atoms with E-state index in [4.69, 9.17) is 5.26 Å². The predicted molar refractivity (Wildman–Crippen MR) is 97.3 cm³/mol. The van der Waals surface area contributed by atoms with Crippen molar-refractivity contribution < 1.29 is 18.0 Å². The van der Waals surface area contributed by atoms with E-state index in [-0.39, 0.29) is 11.4 Å². The van der Waals surface area contributed by atoms with Crippen LogP contribution in [0.1, 0.15) is 22.8 Å². The van der Waals surface area contributed by atoms with Crippen LogP contribution in [-0.4, -0.2) is 32.9 Å². The molecule has 0 radical (unpaired) electrons. The largest absolute Gasteiger partial charge is 0.408 e. The van der Waals surface area contributed by atoms with Crippen molar-refractivity contribution in [2.45, 2.75) is 19.1 Å². The number of nitrogens with one attached hydrogen (secondary N) is 2. The lowest BCUT2D eigenvalue weighted by atomic mass is 10.1. The van der Waals surface area contributed by atoms with Crippen LogP contribution in [-0.2, 0) is 0 Å². The van der Waals surface area contributed by atoms with E-state index in [1.807, 2.05) is 11.4 Å². The third kappa shape index (κ3) is 4.19. The Morgan fingerprint density at radius 2 is 1.93 bits per heavy atom. The summed E-state index contributed by atoms with van der Waals surface area (Å²) in [7, 11) is 0. The number of benzene rings is 1. The molecule has 0 aliphatic rings. The van der Waals surface area contributed by atoms with Gasteiger partial charge in [-0.1, -0.05) is 12.1 Å². The predicted octanol–water partition coefficient (Wildman–Crippen LogP) is 2.78. The average molecular weight is 401 g/mol. The van der Waals surface area contributed by atoms with Crippen molar-refractivity contribution in [2.24, 2.45) is 0 Å². The summed E-state index contributed by atoms with van der Waals surface area (Å²) in [5.41, 5.74) is 0.917. The van der Waals surface area contributed by atoms with E-state index in [1.165, 1.54) is 18.3 Å². The van der Waals surface area contributed by atoms with Gasteiger partial charge in [0.1, 0.15) is 6.04 Å². The van der Waals surface area contributed by atoms with E-state index < -0.39 is 23.7 Å². The van der Waals surface area contributed by atoms with Gasteiger partial charge in [-0.2, -0.15) is 18.4 Å². The van der Waals surface area contributed by atoms with Crippen LogP contribution in [0.25, 0.3) is 16.9 Å². The number of hydrogen-bond acceptors (Lipinski definition) is 4. The summed E-state index contributed by atoms with van der Waals surface area (Å²) >= 11 is 0. The van der Waals surface area contributed by atoms with Crippen LogP contribution in [0, 0.1) is 11.3 Å². The molecule has 0 saturated heterocycles. The number of aromatic nitrogens is 3. The molecule has 3 aromatic rings. The Morgan fingerprint density at radius 1 is 1.24 bits per heavy atom. The molecule has 29 heavy (non-hydrogen) atoms. The van der Waals surface area contributed by atoms with Gasteiger partial charge in [0.05, 0.1) is 22.8 Å². The fourth-order valence-electron chi connectivity index (χ4n) is 2.49. The van der Waals surface area contributed by atoms with Gasteiger partial charge in [0, 0.05) is 12.4 Å². The van der Waals surface area contributed by atoms with Crippen LogP contribution >= 0.6 is 0 Å². The van der Waals surface area contributed by atoms with Crippen molar-refractivity contribution in [3.05, 3.63) is 70.3 Å². The van der Waals surface area contributed by atoms with Crippen LogP contribution in [0.4, 0.5) is 13.2 Å². The van der Waals surface area contributed by atoms with E-state index in [2.05, 4.69) is 10.1 Å². The molecule has 0 aliphatic carbocycles. The Labute approximate surface area is 162 Å². The highest BCUT2D eigenvalue weighted by Crippen LogP contribution is 2.20. The number of pyridine rings is 1. The monoisotopic (exact) mass is 401 g/mol. The quantitative estimate of drug-likeness (QED) is 0.702. The second-order valence-electron chi connectivity index (χ2n) is 6.16. The molecule has 2 N–H and O–H groups in total. The van der Waals surface area contributed by atoms with Crippen LogP contribution in [0.3, 0.4) is 0 Å². The molecule has 1 amide bonds. The summed E-state index contributed by atoms with van der Waals surface area (Å²) in [6, 6.07) is 9.04. The number of amides is 1. The van der Waals surface area contributed by atoms with Crippen molar-refractivity contribution >= 4 is 5.91 Å². The topological polar surface area (TPSA) is 104 Å².